The minimum absolute atomic E-state index is 0.122. The van der Waals surface area contributed by atoms with Gasteiger partial charge in [0.15, 0.2) is 5.76 Å². The molecule has 2 amide bonds. The average molecular weight is 378 g/mol. The number of piperazine rings is 1. The van der Waals surface area contributed by atoms with Crippen LogP contribution in [0.3, 0.4) is 0 Å². The van der Waals surface area contributed by atoms with Crippen LogP contribution < -0.4 is 10.1 Å². The second-order valence-corrected chi connectivity index (χ2v) is 6.37. The number of hydrogen-bond donors (Lipinski definition) is 1. The van der Waals surface area contributed by atoms with Gasteiger partial charge in [0.25, 0.3) is 5.91 Å². The van der Waals surface area contributed by atoms with Crippen molar-refractivity contribution in [3.63, 3.8) is 0 Å². The van der Waals surface area contributed by atoms with Gasteiger partial charge in [-0.3, -0.25) is 14.5 Å². The summed E-state index contributed by atoms with van der Waals surface area (Å²) in [6.07, 6.45) is 1.48. The smallest absolute Gasteiger partial charge is 0.289 e. The number of amides is 2. The first-order chi connectivity index (χ1) is 12.6. The van der Waals surface area contributed by atoms with Gasteiger partial charge in [-0.1, -0.05) is 11.6 Å². The maximum atomic E-state index is 12.3. The van der Waals surface area contributed by atoms with Crippen LogP contribution in [0.25, 0.3) is 0 Å². The lowest BCUT2D eigenvalue weighted by molar-refractivity contribution is -0.117. The normalized spacial score (nSPS) is 14.9. The number of halogens is 1. The highest BCUT2D eigenvalue weighted by molar-refractivity contribution is 6.31. The minimum atomic E-state index is -0.156. The Balaban J connectivity index is 1.51. The van der Waals surface area contributed by atoms with Crippen molar-refractivity contribution in [1.29, 1.82) is 0 Å². The van der Waals surface area contributed by atoms with Crippen molar-refractivity contribution in [1.82, 2.24) is 9.80 Å². The topological polar surface area (TPSA) is 75.0 Å². The number of carbonyl (C=O) groups is 2. The van der Waals surface area contributed by atoms with Crippen molar-refractivity contribution in [2.24, 2.45) is 0 Å². The molecule has 0 aliphatic carbocycles. The number of anilines is 1. The third-order valence-corrected chi connectivity index (χ3v) is 4.43. The van der Waals surface area contributed by atoms with Gasteiger partial charge in [0, 0.05) is 31.2 Å². The second kappa shape index (κ2) is 8.25. The number of hydrogen-bond acceptors (Lipinski definition) is 5. The number of methoxy groups -OCH3 is 1. The van der Waals surface area contributed by atoms with E-state index < -0.39 is 0 Å². The maximum absolute atomic E-state index is 12.3. The van der Waals surface area contributed by atoms with E-state index in [-0.39, 0.29) is 18.4 Å². The predicted molar refractivity (Wildman–Crippen MR) is 97.7 cm³/mol. The largest absolute Gasteiger partial charge is 0.495 e. The summed E-state index contributed by atoms with van der Waals surface area (Å²) in [4.78, 5) is 28.3. The Morgan fingerprint density at radius 2 is 2.00 bits per heavy atom. The Morgan fingerprint density at radius 3 is 2.65 bits per heavy atom. The Kier molecular flexibility index (Phi) is 5.80. The summed E-state index contributed by atoms with van der Waals surface area (Å²) in [7, 11) is 1.54. The molecule has 1 aliphatic rings. The number of nitrogens with one attached hydrogen (secondary N) is 1. The molecule has 0 saturated carbocycles. The van der Waals surface area contributed by atoms with Crippen molar-refractivity contribution in [3.8, 4) is 5.75 Å². The van der Waals surface area contributed by atoms with Gasteiger partial charge in [0.05, 0.1) is 25.6 Å². The standard InChI is InChI=1S/C18H20ClN3O4/c1-25-15-5-4-13(19)11-14(15)20-17(23)12-21-6-8-22(9-7-21)18(24)16-3-2-10-26-16/h2-5,10-11H,6-9,12H2,1H3,(H,20,23). The van der Waals surface area contributed by atoms with Gasteiger partial charge in [-0.25, -0.2) is 0 Å². The lowest BCUT2D eigenvalue weighted by Crippen LogP contribution is -2.50. The van der Waals surface area contributed by atoms with Crippen LogP contribution in [0.2, 0.25) is 5.02 Å². The molecule has 1 aromatic carbocycles. The number of carbonyl (C=O) groups excluding carboxylic acids is 2. The molecule has 0 atom stereocenters. The van der Waals surface area contributed by atoms with Crippen molar-refractivity contribution in [2.45, 2.75) is 0 Å². The number of rotatable bonds is 5. The predicted octanol–water partition coefficient (Wildman–Crippen LogP) is 2.34. The quantitative estimate of drug-likeness (QED) is 0.865. The van der Waals surface area contributed by atoms with E-state index in [1.807, 2.05) is 4.90 Å². The zero-order valence-corrected chi connectivity index (χ0v) is 15.2. The van der Waals surface area contributed by atoms with Gasteiger partial charge in [-0.05, 0) is 30.3 Å². The molecule has 8 heteroatoms. The van der Waals surface area contributed by atoms with Crippen molar-refractivity contribution in [2.75, 3.05) is 45.2 Å². The summed E-state index contributed by atoms with van der Waals surface area (Å²) in [5, 5.41) is 3.34. The highest BCUT2D eigenvalue weighted by Crippen LogP contribution is 2.27. The van der Waals surface area contributed by atoms with Crippen LogP contribution >= 0.6 is 11.6 Å². The molecule has 2 aromatic rings. The van der Waals surface area contributed by atoms with E-state index in [4.69, 9.17) is 20.8 Å². The lowest BCUT2D eigenvalue weighted by Gasteiger charge is -2.33. The van der Waals surface area contributed by atoms with Crippen molar-refractivity contribution in [3.05, 3.63) is 47.4 Å². The van der Waals surface area contributed by atoms with Crippen LogP contribution in [-0.4, -0.2) is 61.4 Å². The van der Waals surface area contributed by atoms with Gasteiger partial charge < -0.3 is 19.4 Å². The van der Waals surface area contributed by atoms with Gasteiger partial charge in [0.1, 0.15) is 5.75 Å². The number of nitrogens with zero attached hydrogens (tertiary/aromatic N) is 2. The van der Waals surface area contributed by atoms with E-state index in [2.05, 4.69) is 5.32 Å². The van der Waals surface area contributed by atoms with Gasteiger partial charge in [-0.2, -0.15) is 0 Å². The molecule has 1 saturated heterocycles. The molecule has 0 spiro atoms. The van der Waals surface area contributed by atoms with Crippen LogP contribution in [0.1, 0.15) is 10.6 Å². The number of ether oxygens (including phenoxy) is 1. The lowest BCUT2D eigenvalue weighted by atomic mass is 10.2. The van der Waals surface area contributed by atoms with E-state index in [0.717, 1.165) is 0 Å². The van der Waals surface area contributed by atoms with Crippen molar-refractivity contribution >= 4 is 29.1 Å². The van der Waals surface area contributed by atoms with E-state index in [1.165, 1.54) is 13.4 Å². The molecule has 0 radical (unpaired) electrons. The molecule has 1 aromatic heterocycles. The SMILES string of the molecule is COc1ccc(Cl)cc1NC(=O)CN1CCN(C(=O)c2ccco2)CC1. The fourth-order valence-corrected chi connectivity index (χ4v) is 3.01. The van der Waals surface area contributed by atoms with E-state index in [1.54, 1.807) is 35.2 Å². The fraction of sp³-hybridized carbons (Fsp3) is 0.333. The number of benzene rings is 1. The summed E-state index contributed by atoms with van der Waals surface area (Å²) in [5.41, 5.74) is 0.539. The number of furan rings is 1. The first-order valence-electron chi connectivity index (χ1n) is 8.25. The Morgan fingerprint density at radius 1 is 1.23 bits per heavy atom. The summed E-state index contributed by atoms with van der Waals surface area (Å²) >= 11 is 5.97. The molecule has 138 valence electrons. The molecular weight excluding hydrogens is 358 g/mol. The first kappa shape index (κ1) is 18.3. The van der Waals surface area contributed by atoms with E-state index in [9.17, 15) is 9.59 Å². The molecule has 7 nitrogen and oxygen atoms in total. The van der Waals surface area contributed by atoms with Crippen LogP contribution in [0, 0.1) is 0 Å². The summed E-state index contributed by atoms with van der Waals surface area (Å²) in [6, 6.07) is 8.40. The fourth-order valence-electron chi connectivity index (χ4n) is 2.84. The minimum Gasteiger partial charge on any atom is -0.495 e. The van der Waals surface area contributed by atoms with Crippen LogP contribution in [0.15, 0.2) is 41.0 Å². The monoisotopic (exact) mass is 377 g/mol. The van der Waals surface area contributed by atoms with Crippen LogP contribution in [0.4, 0.5) is 5.69 Å². The van der Waals surface area contributed by atoms with Gasteiger partial charge in [-0.15, -0.1) is 0 Å². The third kappa shape index (κ3) is 4.36. The van der Waals surface area contributed by atoms with Gasteiger partial charge >= 0.3 is 0 Å². The molecule has 1 N–H and O–H groups in total. The Labute approximate surface area is 156 Å². The van der Waals surface area contributed by atoms with E-state index in [0.29, 0.717) is 48.4 Å². The third-order valence-electron chi connectivity index (χ3n) is 4.19. The Bertz CT molecular complexity index is 771. The highest BCUT2D eigenvalue weighted by atomic mass is 35.5. The van der Waals surface area contributed by atoms with Crippen molar-refractivity contribution < 1.29 is 18.7 Å². The van der Waals surface area contributed by atoms with Gasteiger partial charge in [0.2, 0.25) is 5.91 Å². The second-order valence-electron chi connectivity index (χ2n) is 5.94. The molecule has 3 rings (SSSR count). The molecule has 26 heavy (non-hydrogen) atoms. The molecule has 2 heterocycles. The maximum Gasteiger partial charge on any atom is 0.289 e. The summed E-state index contributed by atoms with van der Waals surface area (Å²) in [5.74, 6) is 0.611. The highest BCUT2D eigenvalue weighted by Gasteiger charge is 2.24. The zero-order valence-electron chi connectivity index (χ0n) is 14.4. The molecule has 1 fully saturated rings. The molecular formula is C18H20ClN3O4. The average Bonchev–Trinajstić information content (AvgIpc) is 3.16. The summed E-state index contributed by atoms with van der Waals surface area (Å²) < 4.78 is 10.4. The molecule has 0 unspecified atom stereocenters. The van der Waals surface area contributed by atoms with Crippen LogP contribution in [-0.2, 0) is 4.79 Å². The first-order valence-corrected chi connectivity index (χ1v) is 8.63. The zero-order chi connectivity index (χ0) is 18.5. The molecule has 0 bridgehead atoms. The van der Waals surface area contributed by atoms with Crippen LogP contribution in [0.5, 0.6) is 5.75 Å². The van der Waals surface area contributed by atoms with E-state index >= 15 is 0 Å². The molecule has 1 aliphatic heterocycles. The Hall–Kier alpha value is -2.51. The summed E-state index contributed by atoms with van der Waals surface area (Å²) in [6.45, 7) is 2.57.